The molecule has 276 valence electrons. The molecule has 13 rings (SSSR count). The van der Waals surface area contributed by atoms with Gasteiger partial charge in [-0.25, -0.2) is 15.0 Å². The highest BCUT2D eigenvalue weighted by atomic mass is 32.1. The molecule has 6 aromatic carbocycles. The van der Waals surface area contributed by atoms with Gasteiger partial charge in [-0.1, -0.05) is 133 Å². The van der Waals surface area contributed by atoms with Crippen LogP contribution in [0.25, 0.3) is 87.7 Å². The quantitative estimate of drug-likeness (QED) is 0.162. The van der Waals surface area contributed by atoms with Crippen LogP contribution in [0, 0.1) is 23.2 Å². The maximum absolute atomic E-state index is 5.43. The minimum Gasteiger partial charge on any atom is -0.248 e. The van der Waals surface area contributed by atoms with Crippen molar-refractivity contribution < 1.29 is 0 Å². The van der Waals surface area contributed by atoms with E-state index in [9.17, 15) is 0 Å². The van der Waals surface area contributed by atoms with Crippen LogP contribution in [0.4, 0.5) is 0 Å². The summed E-state index contributed by atoms with van der Waals surface area (Å²) in [6, 6.07) is 61.4. The molecule has 0 aliphatic heterocycles. The molecule has 0 saturated heterocycles. The third kappa shape index (κ3) is 4.52. The maximum atomic E-state index is 5.43. The predicted molar refractivity (Wildman–Crippen MR) is 238 cm³/mol. The van der Waals surface area contributed by atoms with E-state index in [0.717, 1.165) is 95.2 Å². The molecular weight excluding hydrogens is 723 g/mol. The fourth-order valence-electron chi connectivity index (χ4n) is 12.2. The Hall–Kier alpha value is -6.23. The van der Waals surface area contributed by atoms with Crippen LogP contribution in [0.15, 0.2) is 170 Å². The fraction of sp³-hybridized carbons (Fsp3) is 0.167. The van der Waals surface area contributed by atoms with Gasteiger partial charge in [0.1, 0.15) is 0 Å². The molecule has 4 fully saturated rings. The second kappa shape index (κ2) is 12.1. The summed E-state index contributed by atoms with van der Waals surface area (Å²) in [5.74, 6) is 3.68. The van der Waals surface area contributed by atoms with Crippen LogP contribution < -0.4 is 0 Å². The topological polar surface area (TPSA) is 38.7 Å². The molecule has 1 spiro atoms. The van der Waals surface area contributed by atoms with Gasteiger partial charge in [0.25, 0.3) is 0 Å². The number of pyridine rings is 1. The second-order valence-electron chi connectivity index (χ2n) is 17.3. The first-order valence-corrected chi connectivity index (χ1v) is 21.6. The Balaban J connectivity index is 1.01. The number of aromatic nitrogens is 3. The number of hydrogen-bond acceptors (Lipinski definition) is 4. The smallest absolute Gasteiger partial charge is 0.160 e. The molecule has 3 nitrogen and oxygen atoms in total. The van der Waals surface area contributed by atoms with Gasteiger partial charge in [0.05, 0.1) is 27.3 Å². The van der Waals surface area contributed by atoms with Gasteiger partial charge in [0.2, 0.25) is 0 Å². The Labute approximate surface area is 342 Å². The van der Waals surface area contributed by atoms with Crippen molar-refractivity contribution in [1.82, 2.24) is 15.0 Å². The normalized spacial score (nSPS) is 23.6. The van der Waals surface area contributed by atoms with Crippen molar-refractivity contribution in [1.29, 1.82) is 0 Å². The summed E-state index contributed by atoms with van der Waals surface area (Å²) in [5.41, 5.74) is 15.4. The molecule has 2 unspecified atom stereocenters. The van der Waals surface area contributed by atoms with Crippen LogP contribution in [0.5, 0.6) is 0 Å². The Morgan fingerprint density at radius 2 is 1.02 bits per heavy atom. The first-order chi connectivity index (χ1) is 28.6. The number of nitrogens with zero attached hydrogens (tertiary/aromatic N) is 3. The van der Waals surface area contributed by atoms with Crippen LogP contribution in [0.1, 0.15) is 31.2 Å². The number of fused-ring (bicyclic) bond motifs is 3. The van der Waals surface area contributed by atoms with E-state index in [1.807, 2.05) is 0 Å². The summed E-state index contributed by atoms with van der Waals surface area (Å²) in [7, 11) is 0. The average molecular weight is 762 g/mol. The molecule has 4 aliphatic rings. The van der Waals surface area contributed by atoms with Crippen molar-refractivity contribution >= 4 is 31.6 Å². The van der Waals surface area contributed by atoms with E-state index in [4.69, 9.17) is 15.0 Å². The molecule has 4 saturated carbocycles. The van der Waals surface area contributed by atoms with Gasteiger partial charge < -0.3 is 0 Å². The summed E-state index contributed by atoms with van der Waals surface area (Å²) < 4.78 is 2.33. The molecule has 9 aromatic rings. The zero-order valence-corrected chi connectivity index (χ0v) is 32.8. The molecule has 2 atom stereocenters. The minimum atomic E-state index is 0.436. The lowest BCUT2D eigenvalue weighted by Crippen LogP contribution is -2.87. The van der Waals surface area contributed by atoms with Gasteiger partial charge >= 0.3 is 0 Å². The van der Waals surface area contributed by atoms with Crippen molar-refractivity contribution in [2.24, 2.45) is 23.2 Å². The number of hydrogen-bond donors (Lipinski definition) is 0. The van der Waals surface area contributed by atoms with Crippen molar-refractivity contribution in [3.8, 4) is 67.4 Å². The molecule has 0 amide bonds. The largest absolute Gasteiger partial charge is 0.248 e. The lowest BCUT2D eigenvalue weighted by molar-refractivity contribution is -0.395. The van der Waals surface area contributed by atoms with Crippen molar-refractivity contribution in [3.63, 3.8) is 0 Å². The van der Waals surface area contributed by atoms with Gasteiger partial charge in [-0.15, -0.1) is 11.3 Å². The number of thiophene rings is 1. The van der Waals surface area contributed by atoms with Gasteiger partial charge in [-0.05, 0) is 113 Å². The zero-order chi connectivity index (χ0) is 38.0. The lowest BCUT2D eigenvalue weighted by Gasteiger charge is -2.91. The summed E-state index contributed by atoms with van der Waals surface area (Å²) in [4.78, 5) is 16.2. The highest BCUT2D eigenvalue weighted by molar-refractivity contribution is 7.26. The average Bonchev–Trinajstić information content (AvgIpc) is 3.65. The molecular formula is C54H39N3S. The van der Waals surface area contributed by atoms with Crippen molar-refractivity contribution in [2.45, 2.75) is 31.1 Å². The van der Waals surface area contributed by atoms with E-state index >= 15 is 0 Å². The van der Waals surface area contributed by atoms with Gasteiger partial charge in [0.15, 0.2) is 5.82 Å². The molecule has 0 bridgehead atoms. The van der Waals surface area contributed by atoms with E-state index in [-0.39, 0.29) is 0 Å². The van der Waals surface area contributed by atoms with Crippen LogP contribution in [-0.4, -0.2) is 15.0 Å². The molecule has 4 aliphatic carbocycles. The molecule has 3 heterocycles. The molecule has 58 heavy (non-hydrogen) atoms. The number of benzene rings is 6. The summed E-state index contributed by atoms with van der Waals surface area (Å²) in [6.07, 6.45) is 5.76. The third-order valence-electron chi connectivity index (χ3n) is 14.7. The summed E-state index contributed by atoms with van der Waals surface area (Å²) in [6.45, 7) is 0. The number of rotatable bonds is 7. The van der Waals surface area contributed by atoms with Crippen LogP contribution >= 0.6 is 11.3 Å². The Morgan fingerprint density at radius 1 is 0.448 bits per heavy atom. The third-order valence-corrected chi connectivity index (χ3v) is 15.9. The minimum absolute atomic E-state index is 0.436. The summed E-state index contributed by atoms with van der Waals surface area (Å²) in [5, 5.41) is 1.16. The fourth-order valence-corrected chi connectivity index (χ4v) is 13.4. The van der Waals surface area contributed by atoms with Crippen LogP contribution in [-0.2, 0) is 5.41 Å². The highest BCUT2D eigenvalue weighted by Crippen LogP contribution is 2.92. The van der Waals surface area contributed by atoms with Gasteiger partial charge in [-0.3, -0.25) is 0 Å². The Kier molecular flexibility index (Phi) is 6.87. The predicted octanol–water partition coefficient (Wildman–Crippen LogP) is 13.9. The van der Waals surface area contributed by atoms with Gasteiger partial charge in [0, 0.05) is 37.8 Å². The highest BCUT2D eigenvalue weighted by Gasteiger charge is 2.87. The molecule has 0 radical (unpaired) electrons. The van der Waals surface area contributed by atoms with E-state index < -0.39 is 0 Å². The summed E-state index contributed by atoms with van der Waals surface area (Å²) >= 11 is 1.77. The lowest BCUT2D eigenvalue weighted by atomic mass is 9.12. The monoisotopic (exact) mass is 761 g/mol. The van der Waals surface area contributed by atoms with E-state index in [0.29, 0.717) is 10.8 Å². The standard InChI is InChI=1S/C54H39N3S/c1-4-12-33(13-5-1)38-27-46(35-14-6-2-7-15-35)55-47(28-38)39-24-37(34-20-22-41(23-21-34)53-31-43-29-42-30-44(32-53)54(42,43)53)25-40(26-39)52-56-49(36-16-8-3-9-17-36)51-50(57-52)45-18-10-11-19-48(45)58-51/h1-28,42-44H,29-32H2. The van der Waals surface area contributed by atoms with Crippen molar-refractivity contribution in [3.05, 3.63) is 175 Å². The first-order valence-electron chi connectivity index (χ1n) is 20.8. The molecule has 4 heteroatoms. The van der Waals surface area contributed by atoms with Crippen molar-refractivity contribution in [2.75, 3.05) is 0 Å². The maximum Gasteiger partial charge on any atom is 0.160 e. The van der Waals surface area contributed by atoms with E-state index in [1.165, 1.54) is 35.9 Å². The second-order valence-corrected chi connectivity index (χ2v) is 18.3. The van der Waals surface area contributed by atoms with Gasteiger partial charge in [-0.2, -0.15) is 0 Å². The molecule has 3 aromatic heterocycles. The first kappa shape index (κ1) is 32.8. The Morgan fingerprint density at radius 3 is 1.71 bits per heavy atom. The van der Waals surface area contributed by atoms with Crippen LogP contribution in [0.2, 0.25) is 0 Å². The SMILES string of the molecule is c1ccc(-c2cc(-c3ccccc3)nc(-c3cc(-c4ccc(C56CC7CC8CC(C5)C876)cc4)cc(-c4nc(-c5ccccc5)c5sc6ccccc6c5n4)c3)c2)cc1. The van der Waals surface area contributed by atoms with E-state index in [2.05, 4.69) is 170 Å². The van der Waals surface area contributed by atoms with E-state index in [1.54, 1.807) is 16.9 Å². The Bertz CT molecular complexity index is 3000. The zero-order valence-electron chi connectivity index (χ0n) is 32.0. The van der Waals surface area contributed by atoms with Crippen LogP contribution in [0.3, 0.4) is 0 Å². The molecule has 0 N–H and O–H groups in total.